The SMILES string of the molecule is CCc1nnc(NC(=O)c2ccnc(CN)c2)nc1CC. The number of hydrogen-bond acceptors (Lipinski definition) is 6. The third-order valence-corrected chi connectivity index (χ3v) is 3.02. The van der Waals surface area contributed by atoms with Crippen LogP contribution in [0, 0.1) is 0 Å². The number of pyridine rings is 1. The summed E-state index contributed by atoms with van der Waals surface area (Å²) in [6.07, 6.45) is 3.06. The lowest BCUT2D eigenvalue weighted by Gasteiger charge is -2.07. The summed E-state index contributed by atoms with van der Waals surface area (Å²) in [6.45, 7) is 4.27. The Morgan fingerprint density at radius 1 is 1.24 bits per heavy atom. The molecule has 0 atom stereocenters. The average molecular weight is 286 g/mol. The fourth-order valence-electron chi connectivity index (χ4n) is 1.90. The average Bonchev–Trinajstić information content (AvgIpc) is 2.54. The van der Waals surface area contributed by atoms with Crippen LogP contribution in [-0.2, 0) is 19.4 Å². The Kier molecular flexibility index (Phi) is 4.89. The molecule has 2 aromatic rings. The molecule has 0 spiro atoms. The first kappa shape index (κ1) is 15.0. The Morgan fingerprint density at radius 2 is 2.00 bits per heavy atom. The van der Waals surface area contributed by atoms with E-state index in [4.69, 9.17) is 5.73 Å². The number of amides is 1. The molecule has 7 nitrogen and oxygen atoms in total. The van der Waals surface area contributed by atoms with E-state index in [-0.39, 0.29) is 18.4 Å². The fraction of sp³-hybridized carbons (Fsp3) is 0.357. The molecule has 2 rings (SSSR count). The van der Waals surface area contributed by atoms with Crippen molar-refractivity contribution in [2.75, 3.05) is 5.32 Å². The lowest BCUT2D eigenvalue weighted by molar-refractivity contribution is 0.102. The van der Waals surface area contributed by atoms with Gasteiger partial charge in [-0.15, -0.1) is 10.2 Å². The number of aryl methyl sites for hydroxylation is 2. The van der Waals surface area contributed by atoms with Crippen molar-refractivity contribution >= 4 is 11.9 Å². The van der Waals surface area contributed by atoms with Crippen LogP contribution in [0.25, 0.3) is 0 Å². The minimum absolute atomic E-state index is 0.208. The monoisotopic (exact) mass is 286 g/mol. The second-order valence-corrected chi connectivity index (χ2v) is 4.43. The van der Waals surface area contributed by atoms with E-state index in [0.29, 0.717) is 11.3 Å². The van der Waals surface area contributed by atoms with Gasteiger partial charge < -0.3 is 5.73 Å². The summed E-state index contributed by atoms with van der Waals surface area (Å²) in [7, 11) is 0. The molecule has 3 N–H and O–H groups in total. The third kappa shape index (κ3) is 3.57. The highest BCUT2D eigenvalue weighted by Crippen LogP contribution is 2.09. The topological polar surface area (TPSA) is 107 Å². The minimum Gasteiger partial charge on any atom is -0.325 e. The van der Waals surface area contributed by atoms with Gasteiger partial charge in [0.05, 0.1) is 17.1 Å². The van der Waals surface area contributed by atoms with E-state index in [2.05, 4.69) is 25.5 Å². The molecule has 0 aliphatic carbocycles. The van der Waals surface area contributed by atoms with Gasteiger partial charge in [0.25, 0.3) is 5.91 Å². The molecule has 0 fully saturated rings. The Hall–Kier alpha value is -2.41. The van der Waals surface area contributed by atoms with Gasteiger partial charge in [-0.1, -0.05) is 13.8 Å². The van der Waals surface area contributed by atoms with Gasteiger partial charge in [-0.25, -0.2) is 4.98 Å². The molecule has 0 bridgehead atoms. The van der Waals surface area contributed by atoms with Gasteiger partial charge in [0.2, 0.25) is 5.95 Å². The summed E-state index contributed by atoms with van der Waals surface area (Å²) >= 11 is 0. The van der Waals surface area contributed by atoms with Crippen LogP contribution in [-0.4, -0.2) is 26.1 Å². The second-order valence-electron chi connectivity index (χ2n) is 4.43. The number of nitrogens with two attached hydrogens (primary N) is 1. The largest absolute Gasteiger partial charge is 0.325 e. The van der Waals surface area contributed by atoms with E-state index in [1.165, 1.54) is 0 Å². The molecule has 0 unspecified atom stereocenters. The number of rotatable bonds is 5. The second kappa shape index (κ2) is 6.85. The number of aromatic nitrogens is 4. The molecule has 0 aliphatic rings. The van der Waals surface area contributed by atoms with Crippen molar-refractivity contribution in [1.29, 1.82) is 0 Å². The van der Waals surface area contributed by atoms with Crippen LogP contribution in [0.4, 0.5) is 5.95 Å². The number of anilines is 1. The zero-order valence-corrected chi connectivity index (χ0v) is 12.1. The summed E-state index contributed by atoms with van der Waals surface area (Å²) < 4.78 is 0. The first-order valence-corrected chi connectivity index (χ1v) is 6.86. The Morgan fingerprint density at radius 3 is 2.67 bits per heavy atom. The van der Waals surface area contributed by atoms with Gasteiger partial charge in [0, 0.05) is 18.3 Å². The van der Waals surface area contributed by atoms with Crippen LogP contribution in [0.1, 0.15) is 41.3 Å². The molecule has 7 heteroatoms. The molecule has 2 aromatic heterocycles. The van der Waals surface area contributed by atoms with E-state index < -0.39 is 0 Å². The van der Waals surface area contributed by atoms with Crippen LogP contribution < -0.4 is 11.1 Å². The number of nitrogens with zero attached hydrogens (tertiary/aromatic N) is 4. The summed E-state index contributed by atoms with van der Waals surface area (Å²) in [5.41, 5.74) is 8.33. The zero-order valence-electron chi connectivity index (χ0n) is 12.1. The van der Waals surface area contributed by atoms with E-state index in [0.717, 1.165) is 24.2 Å². The molecule has 110 valence electrons. The fourth-order valence-corrected chi connectivity index (χ4v) is 1.90. The van der Waals surface area contributed by atoms with Gasteiger partial charge in [0.15, 0.2) is 0 Å². The van der Waals surface area contributed by atoms with Crippen molar-refractivity contribution < 1.29 is 4.79 Å². The van der Waals surface area contributed by atoms with Gasteiger partial charge in [0.1, 0.15) is 0 Å². The quantitative estimate of drug-likeness (QED) is 0.852. The van der Waals surface area contributed by atoms with Crippen molar-refractivity contribution in [2.45, 2.75) is 33.2 Å². The molecular weight excluding hydrogens is 268 g/mol. The highest BCUT2D eigenvalue weighted by molar-refractivity contribution is 6.03. The number of nitrogens with one attached hydrogen (secondary N) is 1. The number of carbonyl (C=O) groups excluding carboxylic acids is 1. The molecule has 0 radical (unpaired) electrons. The van der Waals surface area contributed by atoms with E-state index >= 15 is 0 Å². The van der Waals surface area contributed by atoms with Crippen LogP contribution in [0.3, 0.4) is 0 Å². The lowest BCUT2D eigenvalue weighted by Crippen LogP contribution is -2.17. The standard InChI is InChI=1S/C14H18N6O/c1-3-11-12(4-2)19-20-14(17-11)18-13(21)9-5-6-16-10(7-9)8-15/h5-7H,3-4,8,15H2,1-2H3,(H,17,18,20,21). The highest BCUT2D eigenvalue weighted by atomic mass is 16.1. The summed E-state index contributed by atoms with van der Waals surface area (Å²) in [4.78, 5) is 20.5. The van der Waals surface area contributed by atoms with E-state index in [1.807, 2.05) is 13.8 Å². The Labute approximate surface area is 123 Å². The van der Waals surface area contributed by atoms with Gasteiger partial charge in [-0.2, -0.15) is 0 Å². The van der Waals surface area contributed by atoms with Gasteiger partial charge >= 0.3 is 0 Å². The lowest BCUT2D eigenvalue weighted by atomic mass is 10.2. The molecule has 21 heavy (non-hydrogen) atoms. The summed E-state index contributed by atoms with van der Waals surface area (Å²) in [6, 6.07) is 3.26. The summed E-state index contributed by atoms with van der Waals surface area (Å²) in [5, 5.41) is 10.7. The predicted molar refractivity (Wildman–Crippen MR) is 78.7 cm³/mol. The molecule has 0 aliphatic heterocycles. The Balaban J connectivity index is 2.19. The predicted octanol–water partition coefficient (Wildman–Crippen LogP) is 1.10. The van der Waals surface area contributed by atoms with Crippen LogP contribution >= 0.6 is 0 Å². The Bertz CT molecular complexity index is 643. The van der Waals surface area contributed by atoms with Crippen molar-refractivity contribution in [2.24, 2.45) is 5.73 Å². The maximum absolute atomic E-state index is 12.1. The smallest absolute Gasteiger partial charge is 0.258 e. The zero-order chi connectivity index (χ0) is 15.2. The van der Waals surface area contributed by atoms with Crippen LogP contribution in [0.15, 0.2) is 18.3 Å². The van der Waals surface area contributed by atoms with E-state index in [1.54, 1.807) is 18.3 Å². The molecule has 1 amide bonds. The molecule has 0 saturated heterocycles. The van der Waals surface area contributed by atoms with Gasteiger partial charge in [-0.3, -0.25) is 15.1 Å². The van der Waals surface area contributed by atoms with Crippen molar-refractivity contribution in [3.05, 3.63) is 41.0 Å². The third-order valence-electron chi connectivity index (χ3n) is 3.02. The first-order chi connectivity index (χ1) is 10.2. The van der Waals surface area contributed by atoms with Gasteiger partial charge in [-0.05, 0) is 25.0 Å². The van der Waals surface area contributed by atoms with Crippen LogP contribution in [0.5, 0.6) is 0 Å². The summed E-state index contributed by atoms with van der Waals surface area (Å²) in [5.74, 6) is -0.0969. The maximum atomic E-state index is 12.1. The van der Waals surface area contributed by atoms with Crippen molar-refractivity contribution in [3.63, 3.8) is 0 Å². The molecule has 0 saturated carbocycles. The number of carbonyl (C=O) groups is 1. The van der Waals surface area contributed by atoms with Crippen LogP contribution in [0.2, 0.25) is 0 Å². The minimum atomic E-state index is -0.305. The number of hydrogen-bond donors (Lipinski definition) is 2. The maximum Gasteiger partial charge on any atom is 0.258 e. The first-order valence-electron chi connectivity index (χ1n) is 6.86. The normalized spacial score (nSPS) is 10.4. The molecule has 0 aromatic carbocycles. The highest BCUT2D eigenvalue weighted by Gasteiger charge is 2.11. The van der Waals surface area contributed by atoms with E-state index in [9.17, 15) is 4.79 Å². The molecular formula is C14H18N6O. The van der Waals surface area contributed by atoms with Crippen molar-refractivity contribution in [1.82, 2.24) is 20.2 Å². The van der Waals surface area contributed by atoms with Crippen molar-refractivity contribution in [3.8, 4) is 0 Å². The molecule has 2 heterocycles.